The zero-order chi connectivity index (χ0) is 37.1. The van der Waals surface area contributed by atoms with Gasteiger partial charge in [-0.25, -0.2) is 15.0 Å². The Bertz CT molecular complexity index is 3040. The van der Waals surface area contributed by atoms with Crippen molar-refractivity contribution in [1.82, 2.24) is 15.0 Å². The Labute approximate surface area is 320 Å². The molecule has 0 saturated heterocycles. The summed E-state index contributed by atoms with van der Waals surface area (Å²) >= 11 is 0. The summed E-state index contributed by atoms with van der Waals surface area (Å²) in [6, 6.07) is 53.9. The molecule has 0 amide bonds. The molecule has 2 heterocycles. The molecule has 11 rings (SSSR count). The van der Waals surface area contributed by atoms with Crippen LogP contribution in [0.1, 0.15) is 49.9 Å². The van der Waals surface area contributed by atoms with Gasteiger partial charge in [-0.2, -0.15) is 0 Å². The average Bonchev–Trinajstić information content (AvgIpc) is 3.80. The first-order valence-electron chi connectivity index (χ1n) is 19.0. The molecule has 9 aromatic rings. The molecule has 262 valence electrons. The zero-order valence-electron chi connectivity index (χ0n) is 31.2. The third-order valence-corrected chi connectivity index (χ3v) is 12.2. The van der Waals surface area contributed by atoms with E-state index in [1.54, 1.807) is 0 Å². The molecule has 2 aliphatic carbocycles. The minimum absolute atomic E-state index is 0.0788. The highest BCUT2D eigenvalue weighted by Crippen LogP contribution is 2.52. The first-order valence-corrected chi connectivity index (χ1v) is 19.0. The molecule has 2 aliphatic rings. The van der Waals surface area contributed by atoms with E-state index in [-0.39, 0.29) is 10.8 Å². The highest BCUT2D eigenvalue weighted by Gasteiger charge is 2.38. The lowest BCUT2D eigenvalue weighted by Crippen LogP contribution is -2.14. The third-order valence-electron chi connectivity index (χ3n) is 12.2. The molecular weight excluding hydrogens is 671 g/mol. The smallest absolute Gasteiger partial charge is 0.164 e. The maximum absolute atomic E-state index is 6.64. The van der Waals surface area contributed by atoms with Crippen molar-refractivity contribution in [3.05, 3.63) is 174 Å². The second-order valence-corrected chi connectivity index (χ2v) is 16.0. The van der Waals surface area contributed by atoms with Crippen molar-refractivity contribution in [2.45, 2.75) is 38.5 Å². The Morgan fingerprint density at radius 1 is 0.382 bits per heavy atom. The maximum Gasteiger partial charge on any atom is 0.164 e. The monoisotopic (exact) mass is 707 g/mol. The fraction of sp³-hybridized carbons (Fsp3) is 0.118. The van der Waals surface area contributed by atoms with E-state index in [9.17, 15) is 0 Å². The van der Waals surface area contributed by atoms with Gasteiger partial charge in [0.05, 0.1) is 0 Å². The maximum atomic E-state index is 6.64. The summed E-state index contributed by atoms with van der Waals surface area (Å²) in [5, 5.41) is 2.18. The number of hydrogen-bond acceptors (Lipinski definition) is 4. The van der Waals surface area contributed by atoms with Gasteiger partial charge in [0.1, 0.15) is 11.2 Å². The van der Waals surface area contributed by atoms with E-state index in [1.165, 1.54) is 50.1 Å². The first kappa shape index (κ1) is 31.8. The molecule has 55 heavy (non-hydrogen) atoms. The SMILES string of the molecule is CC1(C)c2ccccc2-c2ccc(-c3cccc4oc5cc(-c6nc(-c7ccccc7)nc(-c7cccc8c7-c7ccccc7C8(C)C)n6)ccc5c34)cc21. The number of aromatic nitrogens is 3. The van der Waals surface area contributed by atoms with Crippen molar-refractivity contribution < 1.29 is 4.42 Å². The molecule has 4 nitrogen and oxygen atoms in total. The van der Waals surface area contributed by atoms with Crippen LogP contribution in [-0.2, 0) is 10.8 Å². The minimum atomic E-state index is -0.133. The number of furan rings is 1. The summed E-state index contributed by atoms with van der Waals surface area (Å²) in [6.45, 7) is 9.26. The van der Waals surface area contributed by atoms with Crippen LogP contribution in [-0.4, -0.2) is 15.0 Å². The Kier molecular flexibility index (Phi) is 6.61. The van der Waals surface area contributed by atoms with Gasteiger partial charge in [-0.1, -0.05) is 155 Å². The largest absolute Gasteiger partial charge is 0.456 e. The first-order chi connectivity index (χ1) is 26.8. The van der Waals surface area contributed by atoms with Gasteiger partial charge in [-0.3, -0.25) is 0 Å². The minimum Gasteiger partial charge on any atom is -0.456 e. The summed E-state index contributed by atoms with van der Waals surface area (Å²) in [5.41, 5.74) is 17.0. The van der Waals surface area contributed by atoms with Gasteiger partial charge in [0, 0.05) is 38.3 Å². The van der Waals surface area contributed by atoms with Crippen LogP contribution in [0.25, 0.3) is 89.5 Å². The molecule has 7 aromatic carbocycles. The van der Waals surface area contributed by atoms with Crippen LogP contribution in [0.15, 0.2) is 156 Å². The van der Waals surface area contributed by atoms with Crippen molar-refractivity contribution in [3.63, 3.8) is 0 Å². The van der Waals surface area contributed by atoms with Gasteiger partial charge in [-0.05, 0) is 79.9 Å². The van der Waals surface area contributed by atoms with Crippen LogP contribution in [0, 0.1) is 0 Å². The fourth-order valence-corrected chi connectivity index (χ4v) is 9.36. The van der Waals surface area contributed by atoms with Gasteiger partial charge in [0.2, 0.25) is 0 Å². The summed E-state index contributed by atoms with van der Waals surface area (Å²) in [4.78, 5) is 15.5. The molecule has 0 unspecified atom stereocenters. The molecule has 4 heteroatoms. The molecule has 0 N–H and O–H groups in total. The normalized spacial score (nSPS) is 14.5. The third kappa shape index (κ3) is 4.61. The molecule has 2 aromatic heterocycles. The number of fused-ring (bicyclic) bond motifs is 9. The topological polar surface area (TPSA) is 51.8 Å². The van der Waals surface area contributed by atoms with Crippen LogP contribution in [0.4, 0.5) is 0 Å². The standard InChI is InChI=1S/C51H37N3O/c1-50(2)40-21-11-9-17-36(40)45-38(19-12-22-41(45)50)49-53-47(30-14-6-5-7-15-30)52-48(54-49)32-25-27-37-44(29-32)55-43-23-13-18-33(46(37)43)31-24-26-35-34-16-8-10-20-39(34)51(3,4)42(35)28-31/h5-29H,1-4H3. The number of hydrogen-bond donors (Lipinski definition) is 0. The van der Waals surface area contributed by atoms with E-state index in [4.69, 9.17) is 19.4 Å². The highest BCUT2D eigenvalue weighted by atomic mass is 16.3. The number of benzene rings is 7. The van der Waals surface area contributed by atoms with Crippen molar-refractivity contribution >= 4 is 21.9 Å². The van der Waals surface area contributed by atoms with Crippen molar-refractivity contribution in [3.8, 4) is 67.5 Å². The lowest BCUT2D eigenvalue weighted by molar-refractivity contribution is 0.660. The van der Waals surface area contributed by atoms with E-state index in [2.05, 4.69) is 161 Å². The van der Waals surface area contributed by atoms with Gasteiger partial charge >= 0.3 is 0 Å². The fourth-order valence-electron chi connectivity index (χ4n) is 9.36. The van der Waals surface area contributed by atoms with Crippen LogP contribution < -0.4 is 0 Å². The summed E-state index contributed by atoms with van der Waals surface area (Å²) in [5.74, 6) is 1.90. The molecule has 0 fully saturated rings. The van der Waals surface area contributed by atoms with Crippen LogP contribution in [0.3, 0.4) is 0 Å². The molecule has 0 spiro atoms. The van der Waals surface area contributed by atoms with Crippen LogP contribution >= 0.6 is 0 Å². The highest BCUT2D eigenvalue weighted by molar-refractivity contribution is 6.13. The Morgan fingerprint density at radius 3 is 1.78 bits per heavy atom. The van der Waals surface area contributed by atoms with E-state index in [1.807, 2.05) is 18.2 Å². The summed E-state index contributed by atoms with van der Waals surface area (Å²) in [7, 11) is 0. The predicted octanol–water partition coefficient (Wildman–Crippen LogP) is 13.1. The second-order valence-electron chi connectivity index (χ2n) is 16.0. The molecular formula is C51H37N3O. The van der Waals surface area contributed by atoms with Crippen molar-refractivity contribution in [2.75, 3.05) is 0 Å². The average molecular weight is 708 g/mol. The molecule has 0 radical (unpaired) electrons. The number of rotatable bonds is 4. The van der Waals surface area contributed by atoms with E-state index in [0.717, 1.165) is 44.2 Å². The number of nitrogens with zero attached hydrogens (tertiary/aromatic N) is 3. The van der Waals surface area contributed by atoms with Crippen LogP contribution in [0.2, 0.25) is 0 Å². The predicted molar refractivity (Wildman–Crippen MR) is 224 cm³/mol. The lowest BCUT2D eigenvalue weighted by Gasteiger charge is -2.22. The van der Waals surface area contributed by atoms with E-state index >= 15 is 0 Å². The molecule has 0 aliphatic heterocycles. The molecule has 0 atom stereocenters. The Hall–Kier alpha value is -6.65. The summed E-state index contributed by atoms with van der Waals surface area (Å²) < 4.78 is 6.64. The lowest BCUT2D eigenvalue weighted by atomic mass is 9.81. The van der Waals surface area contributed by atoms with Gasteiger partial charge in [-0.15, -0.1) is 0 Å². The Morgan fingerprint density at radius 2 is 0.964 bits per heavy atom. The van der Waals surface area contributed by atoms with Crippen LogP contribution in [0.5, 0.6) is 0 Å². The van der Waals surface area contributed by atoms with E-state index in [0.29, 0.717) is 17.5 Å². The Balaban J connectivity index is 1.07. The van der Waals surface area contributed by atoms with E-state index < -0.39 is 0 Å². The zero-order valence-corrected chi connectivity index (χ0v) is 31.2. The second kappa shape index (κ2) is 11.4. The summed E-state index contributed by atoms with van der Waals surface area (Å²) in [6.07, 6.45) is 0. The molecule has 0 saturated carbocycles. The van der Waals surface area contributed by atoms with Crippen molar-refractivity contribution in [2.24, 2.45) is 0 Å². The molecule has 0 bridgehead atoms. The van der Waals surface area contributed by atoms with Gasteiger partial charge in [0.15, 0.2) is 17.5 Å². The van der Waals surface area contributed by atoms with Crippen molar-refractivity contribution in [1.29, 1.82) is 0 Å². The quantitative estimate of drug-likeness (QED) is 0.183. The van der Waals surface area contributed by atoms with Gasteiger partial charge in [0.25, 0.3) is 0 Å². The van der Waals surface area contributed by atoms with Gasteiger partial charge < -0.3 is 4.42 Å².